The van der Waals surface area contributed by atoms with Gasteiger partial charge in [0.15, 0.2) is 0 Å². The molecule has 1 saturated carbocycles. The molecule has 3 rings (SSSR count). The maximum atomic E-state index is 13.9. The van der Waals surface area contributed by atoms with Gasteiger partial charge in [-0.3, -0.25) is 4.79 Å². The van der Waals surface area contributed by atoms with Crippen LogP contribution in [-0.2, 0) is 11.3 Å². The minimum absolute atomic E-state index is 0. The van der Waals surface area contributed by atoms with Gasteiger partial charge in [-0.15, -0.1) is 12.4 Å². The molecule has 0 radical (unpaired) electrons. The zero-order valence-corrected chi connectivity index (χ0v) is 15.5. The van der Waals surface area contributed by atoms with Gasteiger partial charge < -0.3 is 10.2 Å². The predicted octanol–water partition coefficient (Wildman–Crippen LogP) is 3.90. The number of carbonyl (C=O) groups is 1. The van der Waals surface area contributed by atoms with Gasteiger partial charge in [-0.25, -0.2) is 8.78 Å². The molecule has 3 nitrogen and oxygen atoms in total. The standard InChI is InChI=1S/C19H26F2N2O.ClH/c1-13(14-3-2-8-22-11-14)9-19(24)23(17-6-7-17)12-15-4-5-16(20)10-18(15)21;/h4-5,10,13-14,17,22H,2-3,6-9,11-12H2,1H3;1H. The van der Waals surface area contributed by atoms with Crippen LogP contribution in [0, 0.1) is 23.5 Å². The molecule has 140 valence electrons. The summed E-state index contributed by atoms with van der Waals surface area (Å²) in [5.41, 5.74) is 0.392. The highest BCUT2D eigenvalue weighted by Gasteiger charge is 2.34. The van der Waals surface area contributed by atoms with Crippen molar-refractivity contribution in [3.63, 3.8) is 0 Å². The van der Waals surface area contributed by atoms with Gasteiger partial charge in [0.25, 0.3) is 0 Å². The molecule has 2 fully saturated rings. The maximum Gasteiger partial charge on any atom is 0.223 e. The molecule has 0 aromatic heterocycles. The lowest BCUT2D eigenvalue weighted by Gasteiger charge is -2.30. The first-order valence-corrected chi connectivity index (χ1v) is 8.98. The highest BCUT2D eigenvalue weighted by atomic mass is 35.5. The molecule has 2 unspecified atom stereocenters. The number of hydrogen-bond acceptors (Lipinski definition) is 2. The third-order valence-corrected chi connectivity index (χ3v) is 5.30. The number of rotatable bonds is 6. The predicted molar refractivity (Wildman–Crippen MR) is 96.6 cm³/mol. The van der Waals surface area contributed by atoms with E-state index in [0.717, 1.165) is 44.8 Å². The van der Waals surface area contributed by atoms with Gasteiger partial charge in [-0.2, -0.15) is 0 Å². The van der Waals surface area contributed by atoms with E-state index in [2.05, 4.69) is 12.2 Å². The maximum absolute atomic E-state index is 13.9. The summed E-state index contributed by atoms with van der Waals surface area (Å²) >= 11 is 0. The smallest absolute Gasteiger partial charge is 0.223 e. The minimum Gasteiger partial charge on any atom is -0.335 e. The molecule has 1 saturated heterocycles. The Kier molecular flexibility index (Phi) is 7.20. The van der Waals surface area contributed by atoms with Crippen LogP contribution in [0.4, 0.5) is 8.78 Å². The number of piperidine rings is 1. The van der Waals surface area contributed by atoms with E-state index in [4.69, 9.17) is 0 Å². The summed E-state index contributed by atoms with van der Waals surface area (Å²) in [6.45, 7) is 4.42. The molecule has 1 aromatic carbocycles. The second-order valence-electron chi connectivity index (χ2n) is 7.28. The summed E-state index contributed by atoms with van der Waals surface area (Å²) in [7, 11) is 0. The van der Waals surface area contributed by atoms with Gasteiger partial charge in [0, 0.05) is 30.6 Å². The quantitative estimate of drug-likeness (QED) is 0.821. The monoisotopic (exact) mass is 372 g/mol. The zero-order valence-electron chi connectivity index (χ0n) is 14.6. The van der Waals surface area contributed by atoms with Crippen molar-refractivity contribution in [1.29, 1.82) is 0 Å². The number of halogens is 3. The number of carbonyl (C=O) groups excluding carboxylic acids is 1. The number of benzene rings is 1. The summed E-state index contributed by atoms with van der Waals surface area (Å²) in [5.74, 6) is -0.202. The Morgan fingerprint density at radius 2 is 2.08 bits per heavy atom. The second kappa shape index (κ2) is 8.95. The van der Waals surface area contributed by atoms with Crippen molar-refractivity contribution in [2.24, 2.45) is 11.8 Å². The highest BCUT2D eigenvalue weighted by Crippen LogP contribution is 2.31. The van der Waals surface area contributed by atoms with Gasteiger partial charge in [0.1, 0.15) is 11.6 Å². The topological polar surface area (TPSA) is 32.3 Å². The van der Waals surface area contributed by atoms with Gasteiger partial charge >= 0.3 is 0 Å². The van der Waals surface area contributed by atoms with Crippen molar-refractivity contribution in [1.82, 2.24) is 10.2 Å². The summed E-state index contributed by atoms with van der Waals surface area (Å²) < 4.78 is 27.0. The van der Waals surface area contributed by atoms with Crippen LogP contribution in [0.5, 0.6) is 0 Å². The van der Waals surface area contributed by atoms with E-state index in [1.165, 1.54) is 12.1 Å². The van der Waals surface area contributed by atoms with Crippen molar-refractivity contribution in [3.05, 3.63) is 35.4 Å². The average Bonchev–Trinajstić information content (AvgIpc) is 3.39. The van der Waals surface area contributed by atoms with Crippen LogP contribution in [0.3, 0.4) is 0 Å². The van der Waals surface area contributed by atoms with E-state index in [-0.39, 0.29) is 30.9 Å². The Morgan fingerprint density at radius 3 is 2.68 bits per heavy atom. The number of nitrogens with one attached hydrogen (secondary N) is 1. The molecular weight excluding hydrogens is 346 g/mol. The highest BCUT2D eigenvalue weighted by molar-refractivity contribution is 5.85. The normalized spacial score (nSPS) is 21.3. The van der Waals surface area contributed by atoms with Crippen molar-refractivity contribution in [2.75, 3.05) is 13.1 Å². The van der Waals surface area contributed by atoms with Crippen molar-refractivity contribution >= 4 is 18.3 Å². The molecule has 1 aromatic rings. The Labute approximate surface area is 154 Å². The van der Waals surface area contributed by atoms with Crippen LogP contribution in [-0.4, -0.2) is 29.9 Å². The van der Waals surface area contributed by atoms with E-state index in [0.29, 0.717) is 23.8 Å². The molecule has 1 N–H and O–H groups in total. The summed E-state index contributed by atoms with van der Waals surface area (Å²) in [4.78, 5) is 14.6. The van der Waals surface area contributed by atoms with Gasteiger partial charge in [0.05, 0.1) is 0 Å². The molecule has 1 aliphatic carbocycles. The van der Waals surface area contributed by atoms with Crippen LogP contribution >= 0.6 is 12.4 Å². The molecule has 1 amide bonds. The van der Waals surface area contributed by atoms with Crippen molar-refractivity contribution in [2.45, 2.75) is 51.6 Å². The fourth-order valence-electron chi connectivity index (χ4n) is 3.56. The fourth-order valence-corrected chi connectivity index (χ4v) is 3.56. The minimum atomic E-state index is -0.584. The molecule has 0 bridgehead atoms. The number of hydrogen-bond donors (Lipinski definition) is 1. The Hall–Kier alpha value is -1.20. The number of nitrogens with zero attached hydrogens (tertiary/aromatic N) is 1. The Bertz CT molecular complexity index is 589. The fraction of sp³-hybridized carbons (Fsp3) is 0.632. The molecule has 0 spiro atoms. The van der Waals surface area contributed by atoms with E-state index in [1.54, 1.807) is 4.90 Å². The molecular formula is C19H27ClF2N2O. The summed E-state index contributed by atoms with van der Waals surface area (Å²) in [5, 5.41) is 3.40. The van der Waals surface area contributed by atoms with Crippen LogP contribution in [0.1, 0.15) is 44.6 Å². The Morgan fingerprint density at radius 1 is 1.32 bits per heavy atom. The Balaban J connectivity index is 0.00000225. The lowest BCUT2D eigenvalue weighted by molar-refractivity contribution is -0.133. The van der Waals surface area contributed by atoms with Gasteiger partial charge in [-0.1, -0.05) is 13.0 Å². The molecule has 2 atom stereocenters. The lowest BCUT2D eigenvalue weighted by Crippen LogP contribution is -2.38. The average molecular weight is 373 g/mol. The molecule has 1 aliphatic heterocycles. The van der Waals surface area contributed by atoms with Gasteiger partial charge in [-0.05, 0) is 56.7 Å². The van der Waals surface area contributed by atoms with Crippen LogP contribution in [0.25, 0.3) is 0 Å². The van der Waals surface area contributed by atoms with Crippen LogP contribution < -0.4 is 5.32 Å². The van der Waals surface area contributed by atoms with E-state index in [9.17, 15) is 13.6 Å². The largest absolute Gasteiger partial charge is 0.335 e. The number of amides is 1. The lowest BCUT2D eigenvalue weighted by atomic mass is 9.85. The third kappa shape index (κ3) is 5.38. The van der Waals surface area contributed by atoms with Gasteiger partial charge in [0.2, 0.25) is 5.91 Å². The third-order valence-electron chi connectivity index (χ3n) is 5.30. The SMILES string of the molecule is CC(CC(=O)N(Cc1ccc(F)cc1F)C1CC1)C1CCCNC1.Cl. The van der Waals surface area contributed by atoms with Crippen molar-refractivity contribution < 1.29 is 13.6 Å². The van der Waals surface area contributed by atoms with Crippen LogP contribution in [0.15, 0.2) is 18.2 Å². The van der Waals surface area contributed by atoms with E-state index in [1.807, 2.05) is 0 Å². The summed E-state index contributed by atoms with van der Waals surface area (Å²) in [6.07, 6.45) is 4.79. The van der Waals surface area contributed by atoms with Crippen molar-refractivity contribution in [3.8, 4) is 0 Å². The van der Waals surface area contributed by atoms with E-state index < -0.39 is 11.6 Å². The first-order chi connectivity index (χ1) is 11.5. The summed E-state index contributed by atoms with van der Waals surface area (Å²) in [6, 6.07) is 3.81. The first-order valence-electron chi connectivity index (χ1n) is 8.98. The zero-order chi connectivity index (χ0) is 17.1. The van der Waals surface area contributed by atoms with Crippen LogP contribution in [0.2, 0.25) is 0 Å². The second-order valence-corrected chi connectivity index (χ2v) is 7.28. The molecule has 1 heterocycles. The molecule has 25 heavy (non-hydrogen) atoms. The molecule has 2 aliphatic rings. The van der Waals surface area contributed by atoms with E-state index >= 15 is 0 Å². The molecule has 6 heteroatoms. The first kappa shape index (κ1) is 20.1.